The van der Waals surface area contributed by atoms with Crippen LogP contribution in [0.25, 0.3) is 5.57 Å². The number of allylic oxidation sites excluding steroid dienone is 1. The smallest absolute Gasteiger partial charge is 0.305 e. The normalized spacial score (nSPS) is 10.3. The average molecular weight is 330 g/mol. The second-order valence-corrected chi connectivity index (χ2v) is 5.33. The lowest BCUT2D eigenvalue weighted by atomic mass is 9.96. The molecule has 0 aromatic heterocycles. The Morgan fingerprint density at radius 3 is 1.92 bits per heavy atom. The molecular formula is C20H20F2O2. The monoisotopic (exact) mass is 330 g/mol. The Balaban J connectivity index is 2.16. The van der Waals surface area contributed by atoms with Crippen molar-refractivity contribution in [2.75, 3.05) is 6.61 Å². The number of hydrogen-bond acceptors (Lipinski definition) is 2. The van der Waals surface area contributed by atoms with E-state index in [1.165, 1.54) is 24.3 Å². The zero-order chi connectivity index (χ0) is 17.4. The standard InChI is InChI=1S/C20H20F2O2/c1-2-24-20(23)6-4-3-5-19(15-7-11-17(21)12-8-15)16-9-13-18(22)14-10-16/h5,7-14H,2-4,6H2,1H3. The van der Waals surface area contributed by atoms with E-state index in [-0.39, 0.29) is 17.6 Å². The molecule has 0 bridgehead atoms. The molecule has 2 aromatic carbocycles. The first-order valence-electron chi connectivity index (χ1n) is 7.98. The van der Waals surface area contributed by atoms with Crippen molar-refractivity contribution in [1.82, 2.24) is 0 Å². The number of esters is 1. The zero-order valence-corrected chi connectivity index (χ0v) is 13.6. The van der Waals surface area contributed by atoms with Gasteiger partial charge in [0, 0.05) is 6.42 Å². The van der Waals surface area contributed by atoms with Crippen molar-refractivity contribution in [2.24, 2.45) is 0 Å². The lowest BCUT2D eigenvalue weighted by molar-refractivity contribution is -0.143. The predicted molar refractivity (Wildman–Crippen MR) is 90.4 cm³/mol. The molecule has 0 saturated heterocycles. The van der Waals surface area contributed by atoms with Gasteiger partial charge in [0.15, 0.2) is 0 Å². The number of carbonyl (C=O) groups is 1. The maximum absolute atomic E-state index is 13.2. The van der Waals surface area contributed by atoms with Crippen molar-refractivity contribution in [2.45, 2.75) is 26.2 Å². The van der Waals surface area contributed by atoms with Crippen LogP contribution in [0.3, 0.4) is 0 Å². The van der Waals surface area contributed by atoms with Gasteiger partial charge >= 0.3 is 5.97 Å². The minimum atomic E-state index is -0.306. The molecule has 4 heteroatoms. The van der Waals surface area contributed by atoms with Crippen molar-refractivity contribution < 1.29 is 18.3 Å². The van der Waals surface area contributed by atoms with Crippen molar-refractivity contribution in [3.05, 3.63) is 77.4 Å². The van der Waals surface area contributed by atoms with Crippen molar-refractivity contribution in [3.63, 3.8) is 0 Å². The molecule has 0 aliphatic heterocycles. The molecule has 2 nitrogen and oxygen atoms in total. The second kappa shape index (κ2) is 8.96. The summed E-state index contributed by atoms with van der Waals surface area (Å²) < 4.78 is 31.2. The summed E-state index contributed by atoms with van der Waals surface area (Å²) in [5.74, 6) is -0.824. The molecule has 0 radical (unpaired) electrons. The van der Waals surface area contributed by atoms with Gasteiger partial charge in [0.2, 0.25) is 0 Å². The Kier molecular flexibility index (Phi) is 6.67. The number of ether oxygens (including phenoxy) is 1. The van der Waals surface area contributed by atoms with Gasteiger partial charge < -0.3 is 4.74 Å². The van der Waals surface area contributed by atoms with Crippen LogP contribution >= 0.6 is 0 Å². The summed E-state index contributed by atoms with van der Waals surface area (Å²) in [6.07, 6.45) is 3.66. The first-order chi connectivity index (χ1) is 11.6. The third-order valence-corrected chi connectivity index (χ3v) is 3.55. The number of benzene rings is 2. The van der Waals surface area contributed by atoms with Gasteiger partial charge in [-0.15, -0.1) is 0 Å². The van der Waals surface area contributed by atoms with Crippen LogP contribution < -0.4 is 0 Å². The highest BCUT2D eigenvalue weighted by Gasteiger charge is 2.07. The molecule has 0 amide bonds. The van der Waals surface area contributed by atoms with E-state index in [1.54, 1.807) is 31.2 Å². The third kappa shape index (κ3) is 5.30. The fourth-order valence-electron chi connectivity index (χ4n) is 2.39. The fourth-order valence-corrected chi connectivity index (χ4v) is 2.39. The number of halogens is 2. The van der Waals surface area contributed by atoms with Gasteiger partial charge in [-0.05, 0) is 60.7 Å². The van der Waals surface area contributed by atoms with Crippen LogP contribution in [0.4, 0.5) is 8.78 Å². The Labute approximate surface area is 140 Å². The van der Waals surface area contributed by atoms with Gasteiger partial charge in [0.1, 0.15) is 11.6 Å². The second-order valence-electron chi connectivity index (χ2n) is 5.33. The van der Waals surface area contributed by atoms with E-state index in [4.69, 9.17) is 4.74 Å². The van der Waals surface area contributed by atoms with Crippen LogP contribution in [0.1, 0.15) is 37.3 Å². The van der Waals surface area contributed by atoms with Crippen molar-refractivity contribution in [3.8, 4) is 0 Å². The molecule has 0 heterocycles. The molecule has 0 aliphatic carbocycles. The number of hydrogen-bond donors (Lipinski definition) is 0. The first-order valence-corrected chi connectivity index (χ1v) is 7.98. The zero-order valence-electron chi connectivity index (χ0n) is 13.6. The maximum Gasteiger partial charge on any atom is 0.305 e. The summed E-state index contributed by atoms with van der Waals surface area (Å²) in [6, 6.07) is 12.3. The molecule has 0 unspecified atom stereocenters. The molecule has 0 spiro atoms. The van der Waals surface area contributed by atoms with Crippen LogP contribution in [-0.4, -0.2) is 12.6 Å². The summed E-state index contributed by atoms with van der Waals surface area (Å²) >= 11 is 0. The van der Waals surface area contributed by atoms with E-state index in [2.05, 4.69) is 0 Å². The maximum atomic E-state index is 13.2. The minimum Gasteiger partial charge on any atom is -0.466 e. The van der Waals surface area contributed by atoms with Crippen LogP contribution in [-0.2, 0) is 9.53 Å². The Bertz CT molecular complexity index is 641. The van der Waals surface area contributed by atoms with Gasteiger partial charge in [0.25, 0.3) is 0 Å². The molecular weight excluding hydrogens is 310 g/mol. The quantitative estimate of drug-likeness (QED) is 0.520. The first kappa shape index (κ1) is 17.9. The highest BCUT2D eigenvalue weighted by molar-refractivity contribution is 5.79. The van der Waals surface area contributed by atoms with E-state index in [0.717, 1.165) is 16.7 Å². The average Bonchev–Trinajstić information content (AvgIpc) is 2.57. The molecule has 126 valence electrons. The molecule has 2 aromatic rings. The summed E-state index contributed by atoms with van der Waals surface area (Å²) in [5, 5.41) is 0. The van der Waals surface area contributed by atoms with Crippen molar-refractivity contribution >= 4 is 11.5 Å². The summed E-state index contributed by atoms with van der Waals surface area (Å²) in [4.78, 5) is 11.4. The number of rotatable bonds is 7. The van der Waals surface area contributed by atoms with Gasteiger partial charge in [-0.25, -0.2) is 8.78 Å². The third-order valence-electron chi connectivity index (χ3n) is 3.55. The van der Waals surface area contributed by atoms with E-state index >= 15 is 0 Å². The molecule has 0 N–H and O–H groups in total. The Morgan fingerprint density at radius 1 is 0.958 bits per heavy atom. The molecule has 24 heavy (non-hydrogen) atoms. The van der Waals surface area contributed by atoms with Crippen LogP contribution in [0.2, 0.25) is 0 Å². The van der Waals surface area contributed by atoms with Crippen LogP contribution in [0, 0.1) is 11.6 Å². The molecule has 0 fully saturated rings. The largest absolute Gasteiger partial charge is 0.466 e. The van der Waals surface area contributed by atoms with Crippen LogP contribution in [0.15, 0.2) is 54.6 Å². The van der Waals surface area contributed by atoms with E-state index in [1.807, 2.05) is 6.08 Å². The summed E-state index contributed by atoms with van der Waals surface area (Å²) in [7, 11) is 0. The molecule has 0 atom stereocenters. The number of carbonyl (C=O) groups excluding carboxylic acids is 1. The molecule has 0 aliphatic rings. The minimum absolute atomic E-state index is 0.212. The predicted octanol–water partition coefficient (Wildman–Crippen LogP) is 5.13. The topological polar surface area (TPSA) is 26.3 Å². The summed E-state index contributed by atoms with van der Waals surface area (Å²) in [5.41, 5.74) is 2.58. The van der Waals surface area contributed by atoms with E-state index in [9.17, 15) is 13.6 Å². The van der Waals surface area contributed by atoms with E-state index in [0.29, 0.717) is 25.9 Å². The SMILES string of the molecule is CCOC(=O)CCCC=C(c1ccc(F)cc1)c1ccc(F)cc1. The van der Waals surface area contributed by atoms with Gasteiger partial charge in [-0.3, -0.25) is 4.79 Å². The molecule has 0 saturated carbocycles. The Hall–Kier alpha value is -2.49. The fraction of sp³-hybridized carbons (Fsp3) is 0.250. The van der Waals surface area contributed by atoms with Gasteiger partial charge in [-0.2, -0.15) is 0 Å². The van der Waals surface area contributed by atoms with Crippen LogP contribution in [0.5, 0.6) is 0 Å². The summed E-state index contributed by atoms with van der Waals surface area (Å²) in [6.45, 7) is 2.16. The Morgan fingerprint density at radius 2 is 1.46 bits per heavy atom. The van der Waals surface area contributed by atoms with Gasteiger partial charge in [-0.1, -0.05) is 30.3 Å². The highest BCUT2D eigenvalue weighted by Crippen LogP contribution is 2.25. The highest BCUT2D eigenvalue weighted by atomic mass is 19.1. The van der Waals surface area contributed by atoms with Crippen molar-refractivity contribution in [1.29, 1.82) is 0 Å². The van der Waals surface area contributed by atoms with Gasteiger partial charge in [0.05, 0.1) is 6.61 Å². The lowest BCUT2D eigenvalue weighted by Crippen LogP contribution is -2.02. The number of unbranched alkanes of at least 4 members (excludes halogenated alkanes) is 1. The lowest BCUT2D eigenvalue weighted by Gasteiger charge is -2.09. The van der Waals surface area contributed by atoms with E-state index < -0.39 is 0 Å². The molecule has 2 rings (SSSR count).